The Kier molecular flexibility index (Phi) is 10.6. The zero-order valence-corrected chi connectivity index (χ0v) is 44.8. The number of allylic oxidation sites excluding steroid dienone is 1. The molecule has 0 bridgehead atoms. The highest BCUT2D eigenvalue weighted by Crippen LogP contribution is 2.54. The number of fused-ring (bicyclic) bond motifs is 8. The van der Waals surface area contributed by atoms with E-state index in [9.17, 15) is 0 Å². The molecule has 1 atom stereocenters. The first-order valence-electron chi connectivity index (χ1n) is 26.2. The lowest BCUT2D eigenvalue weighted by molar-refractivity contribution is 0.332. The summed E-state index contributed by atoms with van der Waals surface area (Å²) in [5.74, 6) is 0. The minimum atomic E-state index is -0.168. The Morgan fingerprint density at radius 3 is 1.99 bits per heavy atom. The summed E-state index contributed by atoms with van der Waals surface area (Å²) in [6, 6.07) is 47.2. The molecule has 1 unspecified atom stereocenters. The van der Waals surface area contributed by atoms with Crippen molar-refractivity contribution in [1.29, 1.82) is 0 Å². The summed E-state index contributed by atoms with van der Waals surface area (Å²) in [6.45, 7) is 26.5. The van der Waals surface area contributed by atoms with Crippen molar-refractivity contribution < 1.29 is 0 Å². The number of nitrogens with zero attached hydrogens (tertiary/aromatic N) is 1. The lowest BCUT2D eigenvalue weighted by Crippen LogP contribution is -2.44. The Bertz CT molecular complexity index is 3580. The second-order valence-corrected chi connectivity index (χ2v) is 25.2. The van der Waals surface area contributed by atoms with E-state index >= 15 is 0 Å². The Hall–Kier alpha value is -6.28. The van der Waals surface area contributed by atoms with E-state index < -0.39 is 0 Å². The smallest absolute Gasteiger partial charge is 0.198 e. The summed E-state index contributed by atoms with van der Waals surface area (Å²) in [5.41, 5.74) is 28.2. The van der Waals surface area contributed by atoms with Crippen LogP contribution in [0.5, 0.6) is 0 Å². The number of hydrogen-bond donors (Lipinski definition) is 1. The van der Waals surface area contributed by atoms with Crippen LogP contribution >= 0.6 is 8.19 Å². The van der Waals surface area contributed by atoms with Crippen LogP contribution in [-0.4, -0.2) is 7.28 Å². The Balaban J connectivity index is 1.10. The topological polar surface area (TPSA) is 15.3 Å². The standard InChI is InChI=1S/C67H68BN2P/c1-40-25-26-44(47(33-40)43-19-13-12-14-20-43)29-32-69-63-45(27-28-60-61(63)46-21-15-18-24-59(46)71-60)48-34-41(2)35-58-62(48)68-55-37-53-54(67(10,11)50-23-17-16-22-49(50)66(53,8)9)39-57(55)70(58)56-38-52-51(36-42(56)3)64(4,5)30-31-65(52,6)7/h12-14,16-20,22-29,32-39,68-69,71H,15,21,30-31H2,1-11H3. The van der Waals surface area contributed by atoms with Gasteiger partial charge in [0.2, 0.25) is 0 Å². The maximum absolute atomic E-state index is 4.06. The van der Waals surface area contributed by atoms with Crippen molar-refractivity contribution in [3.63, 3.8) is 0 Å². The van der Waals surface area contributed by atoms with Crippen molar-refractivity contribution in [3.05, 3.63) is 200 Å². The largest absolute Gasteiger partial charge is 0.361 e. The number of anilines is 4. The van der Waals surface area contributed by atoms with Gasteiger partial charge in [0, 0.05) is 50.2 Å². The van der Waals surface area contributed by atoms with Gasteiger partial charge >= 0.3 is 0 Å². The Labute approximate surface area is 425 Å². The second kappa shape index (κ2) is 16.4. The molecule has 0 fully saturated rings. The van der Waals surface area contributed by atoms with Crippen LogP contribution in [0, 0.1) is 20.8 Å². The first-order chi connectivity index (χ1) is 33.9. The molecule has 0 saturated heterocycles. The quantitative estimate of drug-likeness (QED) is 0.167. The molecule has 0 amide bonds. The molecule has 12 rings (SSSR count). The Morgan fingerprint density at radius 2 is 1.25 bits per heavy atom. The molecule has 71 heavy (non-hydrogen) atoms. The summed E-state index contributed by atoms with van der Waals surface area (Å²) in [4.78, 5) is 2.71. The fourth-order valence-electron chi connectivity index (χ4n) is 13.3. The lowest BCUT2D eigenvalue weighted by Gasteiger charge is -2.46. The van der Waals surface area contributed by atoms with E-state index in [0.717, 1.165) is 20.1 Å². The normalized spacial score (nSPS) is 17.5. The molecule has 0 saturated carbocycles. The average Bonchev–Trinajstić information content (AvgIpc) is 3.74. The van der Waals surface area contributed by atoms with Crippen molar-refractivity contribution in [1.82, 2.24) is 0 Å². The Morgan fingerprint density at radius 1 is 0.592 bits per heavy atom. The third-order valence-corrected chi connectivity index (χ3v) is 18.9. The van der Waals surface area contributed by atoms with Crippen LogP contribution in [-0.2, 0) is 28.1 Å². The minimum Gasteiger partial charge on any atom is -0.361 e. The molecule has 1 aliphatic heterocycles. The number of aryl methyl sites for hydroxylation is 4. The van der Waals surface area contributed by atoms with Crippen LogP contribution in [0.25, 0.3) is 44.9 Å². The number of benzene rings is 7. The monoisotopic (exact) mass is 943 g/mol. The average molecular weight is 943 g/mol. The molecular weight excluding hydrogens is 875 g/mol. The fourth-order valence-corrected chi connectivity index (χ4v) is 14.8. The van der Waals surface area contributed by atoms with Crippen LogP contribution in [0.4, 0.5) is 22.7 Å². The summed E-state index contributed by atoms with van der Waals surface area (Å²) < 4.78 is 0. The van der Waals surface area contributed by atoms with Gasteiger partial charge in [0.15, 0.2) is 7.28 Å². The molecule has 1 N–H and O–H groups in total. The van der Waals surface area contributed by atoms with Crippen LogP contribution in [0.2, 0.25) is 0 Å². The summed E-state index contributed by atoms with van der Waals surface area (Å²) in [7, 11) is 1.51. The van der Waals surface area contributed by atoms with E-state index in [4.69, 9.17) is 0 Å². The van der Waals surface area contributed by atoms with Gasteiger partial charge in [0.25, 0.3) is 0 Å². The van der Waals surface area contributed by atoms with Gasteiger partial charge in [-0.2, -0.15) is 0 Å². The molecule has 2 nitrogen and oxygen atoms in total. The third-order valence-electron chi connectivity index (χ3n) is 17.5. The van der Waals surface area contributed by atoms with E-state index in [1.54, 1.807) is 0 Å². The second-order valence-electron chi connectivity index (χ2n) is 23.9. The highest BCUT2D eigenvalue weighted by Gasteiger charge is 2.44. The molecule has 8 aromatic rings. The maximum Gasteiger partial charge on any atom is 0.198 e. The van der Waals surface area contributed by atoms with Gasteiger partial charge in [0.1, 0.15) is 0 Å². The molecule has 4 heteroatoms. The first-order valence-corrected chi connectivity index (χ1v) is 27.2. The highest BCUT2D eigenvalue weighted by molar-refractivity contribution is 7.39. The third kappa shape index (κ3) is 7.27. The molecule has 4 aliphatic rings. The van der Waals surface area contributed by atoms with Gasteiger partial charge in [-0.1, -0.05) is 176 Å². The predicted octanol–water partition coefficient (Wildman–Crippen LogP) is 16.7. The molecule has 7 aromatic carbocycles. The van der Waals surface area contributed by atoms with E-state index in [1.165, 1.54) is 146 Å². The van der Waals surface area contributed by atoms with Gasteiger partial charge in [-0.15, -0.1) is 8.19 Å². The van der Waals surface area contributed by atoms with E-state index in [-0.39, 0.29) is 21.7 Å². The van der Waals surface area contributed by atoms with Crippen molar-refractivity contribution in [2.45, 2.75) is 124 Å². The van der Waals surface area contributed by atoms with E-state index in [1.807, 2.05) is 0 Å². The fraction of sp³-hybridized carbons (Fsp3) is 0.284. The molecular formula is C67H68BN2P. The van der Waals surface area contributed by atoms with Crippen molar-refractivity contribution in [2.75, 3.05) is 10.2 Å². The van der Waals surface area contributed by atoms with E-state index in [2.05, 4.69) is 232 Å². The molecule has 1 aromatic heterocycles. The SMILES string of the molecule is Cc1ccc(C=CNc2c(-c3cc(C)cc4c3Bc3cc5c(cc3N4c3cc4c(cc3C)C(C)(C)CCC4(C)C)C(C)(C)c3ccccc3C5(C)C)ccc3[pH]c4c(c23)CCC=C4)c(-c2ccccc2)c1. The zero-order chi connectivity index (χ0) is 49.4. The molecule has 3 aliphatic carbocycles. The molecule has 0 radical (unpaired) electrons. The van der Waals surface area contributed by atoms with Crippen molar-refractivity contribution >= 4 is 71.8 Å². The van der Waals surface area contributed by atoms with Gasteiger partial charge in [-0.3, -0.25) is 0 Å². The number of nitrogens with one attached hydrogen (secondary N) is 1. The predicted molar refractivity (Wildman–Crippen MR) is 312 cm³/mol. The highest BCUT2D eigenvalue weighted by atomic mass is 31.0. The maximum atomic E-state index is 4.06. The van der Waals surface area contributed by atoms with Crippen LogP contribution in [0.1, 0.15) is 141 Å². The van der Waals surface area contributed by atoms with Gasteiger partial charge in [-0.25, -0.2) is 0 Å². The summed E-state index contributed by atoms with van der Waals surface area (Å²) in [5, 5.41) is 8.41. The number of hydrogen-bond acceptors (Lipinski definition) is 2. The minimum absolute atomic E-state index is 0.0690. The molecule has 2 heterocycles. The lowest BCUT2D eigenvalue weighted by atomic mass is 9.54. The van der Waals surface area contributed by atoms with Crippen LogP contribution < -0.4 is 21.1 Å². The zero-order valence-electron chi connectivity index (χ0n) is 43.8. The van der Waals surface area contributed by atoms with Crippen LogP contribution in [0.3, 0.4) is 0 Å². The van der Waals surface area contributed by atoms with Crippen molar-refractivity contribution in [2.24, 2.45) is 0 Å². The van der Waals surface area contributed by atoms with Gasteiger partial charge in [-0.05, 0) is 171 Å². The molecule has 354 valence electrons. The number of rotatable bonds is 6. The van der Waals surface area contributed by atoms with Crippen molar-refractivity contribution in [3.8, 4) is 22.3 Å². The summed E-state index contributed by atoms with van der Waals surface area (Å²) >= 11 is 0. The van der Waals surface area contributed by atoms with Gasteiger partial charge < -0.3 is 10.2 Å². The first kappa shape index (κ1) is 45.8. The van der Waals surface area contributed by atoms with E-state index in [0.29, 0.717) is 8.19 Å². The molecule has 0 spiro atoms. The summed E-state index contributed by atoms with van der Waals surface area (Å²) in [6.07, 6.45) is 13.8. The van der Waals surface area contributed by atoms with Gasteiger partial charge in [0.05, 0.1) is 5.69 Å². The van der Waals surface area contributed by atoms with Crippen LogP contribution in [0.15, 0.2) is 134 Å².